The molecule has 1 aromatic heterocycles. The molecule has 0 unspecified atom stereocenters. The molecule has 164 valence electrons. The van der Waals surface area contributed by atoms with Crippen molar-refractivity contribution in [3.8, 4) is 12.3 Å². The van der Waals surface area contributed by atoms with Crippen molar-refractivity contribution in [1.82, 2.24) is 4.98 Å². The van der Waals surface area contributed by atoms with Crippen LogP contribution in [0.2, 0.25) is 0 Å². The summed E-state index contributed by atoms with van der Waals surface area (Å²) in [5.74, 6) is -3.60. The van der Waals surface area contributed by atoms with E-state index in [0.717, 1.165) is 12.1 Å². The number of pyridine rings is 1. The molecule has 1 heterocycles. The van der Waals surface area contributed by atoms with E-state index in [1.54, 1.807) is 0 Å². The third-order valence-electron chi connectivity index (χ3n) is 4.45. The van der Waals surface area contributed by atoms with Gasteiger partial charge in [0, 0.05) is 30.3 Å². The van der Waals surface area contributed by atoms with Crippen molar-refractivity contribution in [3.05, 3.63) is 82.1 Å². The summed E-state index contributed by atoms with van der Waals surface area (Å²) in [6.45, 7) is 0. The van der Waals surface area contributed by atoms with Gasteiger partial charge in [0.2, 0.25) is 0 Å². The van der Waals surface area contributed by atoms with Gasteiger partial charge in [0.25, 0.3) is 5.91 Å². The Morgan fingerprint density at radius 1 is 1.09 bits per heavy atom. The lowest BCUT2D eigenvalue weighted by Gasteiger charge is -2.16. The summed E-state index contributed by atoms with van der Waals surface area (Å²) in [5.41, 5.74) is 3.80. The Labute approximate surface area is 184 Å². The van der Waals surface area contributed by atoms with Crippen molar-refractivity contribution >= 4 is 35.2 Å². The first kappa shape index (κ1) is 22.9. The number of terminal acetylenes is 1. The molecule has 0 fully saturated rings. The molecule has 0 saturated heterocycles. The highest BCUT2D eigenvalue weighted by molar-refractivity contribution is 7.98. The summed E-state index contributed by atoms with van der Waals surface area (Å²) in [6.07, 6.45) is 6.02. The van der Waals surface area contributed by atoms with Gasteiger partial charge in [-0.15, -0.1) is 6.42 Å². The molecule has 1 amide bonds. The summed E-state index contributed by atoms with van der Waals surface area (Å²) < 4.78 is 60.9. The van der Waals surface area contributed by atoms with Gasteiger partial charge < -0.3 is 11.1 Å². The van der Waals surface area contributed by atoms with Gasteiger partial charge >= 0.3 is 0 Å². The molecule has 3 aromatic rings. The molecule has 6 nitrogen and oxygen atoms in total. The van der Waals surface area contributed by atoms with Crippen molar-refractivity contribution in [2.75, 3.05) is 10.0 Å². The zero-order valence-electron chi connectivity index (χ0n) is 16.2. The number of carbonyl (C=O) groups is 1. The van der Waals surface area contributed by atoms with Crippen molar-refractivity contribution in [3.63, 3.8) is 0 Å². The number of aromatic nitrogens is 1. The van der Waals surface area contributed by atoms with Crippen LogP contribution in [0.3, 0.4) is 0 Å². The number of nitrogens with two attached hydrogens (primary N) is 2. The SMILES string of the molecule is C#Cc1ccc(Nc2c(C(N)=O)cc(Cc3ccnc(NSN)c3F)c(F)c2F)c(F)c1. The van der Waals surface area contributed by atoms with E-state index in [1.165, 1.54) is 24.4 Å². The van der Waals surface area contributed by atoms with Crippen LogP contribution < -0.4 is 20.9 Å². The summed E-state index contributed by atoms with van der Waals surface area (Å²) in [7, 11) is 0. The second-order valence-electron chi connectivity index (χ2n) is 6.44. The molecule has 2 aromatic carbocycles. The van der Waals surface area contributed by atoms with Crippen molar-refractivity contribution in [2.24, 2.45) is 10.9 Å². The molecule has 0 saturated carbocycles. The van der Waals surface area contributed by atoms with Gasteiger partial charge in [0.05, 0.1) is 16.9 Å². The van der Waals surface area contributed by atoms with Crippen LogP contribution in [0.1, 0.15) is 27.0 Å². The van der Waals surface area contributed by atoms with Gasteiger partial charge in [0.1, 0.15) is 5.82 Å². The van der Waals surface area contributed by atoms with Crippen LogP contribution >= 0.6 is 12.1 Å². The molecule has 6 N–H and O–H groups in total. The van der Waals surface area contributed by atoms with Crippen LogP contribution in [0.4, 0.5) is 34.8 Å². The molecule has 0 aliphatic rings. The Morgan fingerprint density at radius 3 is 2.47 bits per heavy atom. The molecule has 11 heteroatoms. The van der Waals surface area contributed by atoms with Crippen LogP contribution in [-0.4, -0.2) is 10.9 Å². The molecule has 0 aliphatic carbocycles. The molecular formula is C21H15F4N5OS. The van der Waals surface area contributed by atoms with E-state index in [9.17, 15) is 22.4 Å². The van der Waals surface area contributed by atoms with Crippen LogP contribution in [0.25, 0.3) is 0 Å². The minimum Gasteiger partial charge on any atom is -0.366 e. The Morgan fingerprint density at radius 2 is 1.84 bits per heavy atom. The van der Waals surface area contributed by atoms with E-state index in [0.29, 0.717) is 12.1 Å². The standard InChI is InChI=1S/C21H15F4N5OS/c1-2-10-3-4-15(14(22)7-10)29-19-13(20(26)31)9-12(16(23)18(19)25)8-11-5-6-28-21(17(11)24)30-32-27/h1,3-7,9,29H,8,27H2,(H2,26,31)(H,28,30). The fourth-order valence-corrected chi connectivity index (χ4v) is 3.17. The number of nitrogens with zero attached hydrogens (tertiary/aromatic N) is 1. The van der Waals surface area contributed by atoms with Crippen molar-refractivity contribution < 1.29 is 22.4 Å². The number of anilines is 3. The molecular weight excluding hydrogens is 446 g/mol. The lowest BCUT2D eigenvalue weighted by Crippen LogP contribution is -2.17. The first-order valence-electron chi connectivity index (χ1n) is 8.85. The minimum absolute atomic E-state index is 0.0399. The summed E-state index contributed by atoms with van der Waals surface area (Å²) in [5, 5.41) is 7.57. The van der Waals surface area contributed by atoms with Crippen molar-refractivity contribution in [1.29, 1.82) is 0 Å². The fraction of sp³-hybridized carbons (Fsp3) is 0.0476. The van der Waals surface area contributed by atoms with Crippen LogP contribution in [0.5, 0.6) is 0 Å². The zero-order chi connectivity index (χ0) is 23.4. The third kappa shape index (κ3) is 4.61. The first-order valence-corrected chi connectivity index (χ1v) is 9.73. The zero-order valence-corrected chi connectivity index (χ0v) is 17.0. The number of benzene rings is 2. The van der Waals surface area contributed by atoms with E-state index in [2.05, 4.69) is 20.9 Å². The molecule has 32 heavy (non-hydrogen) atoms. The van der Waals surface area contributed by atoms with Gasteiger partial charge in [-0.05, 0) is 41.5 Å². The highest BCUT2D eigenvalue weighted by Gasteiger charge is 2.23. The summed E-state index contributed by atoms with van der Waals surface area (Å²) in [6, 6.07) is 5.82. The number of amides is 1. The maximum atomic E-state index is 14.9. The van der Waals surface area contributed by atoms with Gasteiger partial charge in [-0.2, -0.15) is 0 Å². The number of nitrogens with one attached hydrogen (secondary N) is 2. The van der Waals surface area contributed by atoms with Crippen molar-refractivity contribution in [2.45, 2.75) is 6.42 Å². The number of hydrogen-bond acceptors (Lipinski definition) is 6. The predicted molar refractivity (Wildman–Crippen MR) is 115 cm³/mol. The maximum absolute atomic E-state index is 14.9. The smallest absolute Gasteiger partial charge is 0.250 e. The van der Waals surface area contributed by atoms with E-state index < -0.39 is 46.8 Å². The maximum Gasteiger partial charge on any atom is 0.250 e. The normalized spacial score (nSPS) is 10.5. The topological polar surface area (TPSA) is 106 Å². The first-order chi connectivity index (χ1) is 15.3. The summed E-state index contributed by atoms with van der Waals surface area (Å²) >= 11 is 0.605. The average molecular weight is 461 g/mol. The number of primary amides is 1. The highest BCUT2D eigenvalue weighted by Crippen LogP contribution is 2.31. The molecule has 0 atom stereocenters. The van der Waals surface area contributed by atoms with E-state index >= 15 is 0 Å². The second kappa shape index (κ2) is 9.59. The quantitative estimate of drug-likeness (QED) is 0.241. The lowest BCUT2D eigenvalue weighted by molar-refractivity contribution is 0.100. The minimum atomic E-state index is -1.48. The van der Waals surface area contributed by atoms with Crippen LogP contribution in [0, 0.1) is 35.6 Å². The third-order valence-corrected chi connectivity index (χ3v) is 4.76. The Kier molecular flexibility index (Phi) is 6.87. The largest absolute Gasteiger partial charge is 0.366 e. The number of hydrogen-bond donors (Lipinski definition) is 4. The second-order valence-corrected chi connectivity index (χ2v) is 6.88. The van der Waals surface area contributed by atoms with E-state index in [-0.39, 0.29) is 28.2 Å². The fourth-order valence-electron chi connectivity index (χ4n) is 2.92. The van der Waals surface area contributed by atoms with Gasteiger partial charge in [-0.3, -0.25) is 14.7 Å². The van der Waals surface area contributed by atoms with Gasteiger partial charge in [-0.25, -0.2) is 22.5 Å². The monoisotopic (exact) mass is 461 g/mol. The molecule has 0 bridgehead atoms. The predicted octanol–water partition coefficient (Wildman–Crippen LogP) is 3.99. The van der Waals surface area contributed by atoms with Crippen LogP contribution in [0.15, 0.2) is 36.5 Å². The lowest BCUT2D eigenvalue weighted by atomic mass is 10.00. The number of rotatable bonds is 7. The average Bonchev–Trinajstić information content (AvgIpc) is 2.76. The van der Waals surface area contributed by atoms with Crippen LogP contribution in [-0.2, 0) is 6.42 Å². The van der Waals surface area contributed by atoms with E-state index in [4.69, 9.17) is 17.3 Å². The van der Waals surface area contributed by atoms with Gasteiger partial charge in [-0.1, -0.05) is 5.92 Å². The number of halogens is 4. The molecule has 0 aliphatic heterocycles. The highest BCUT2D eigenvalue weighted by atomic mass is 32.2. The Balaban J connectivity index is 2.05. The molecule has 3 rings (SSSR count). The van der Waals surface area contributed by atoms with Gasteiger partial charge in [0.15, 0.2) is 23.3 Å². The molecule has 0 spiro atoms. The molecule has 0 radical (unpaired) electrons. The Hall–Kier alpha value is -3.75. The Bertz CT molecular complexity index is 1250. The van der Waals surface area contributed by atoms with E-state index in [1.807, 2.05) is 0 Å². The number of carbonyl (C=O) groups excluding carboxylic acids is 1. The summed E-state index contributed by atoms with van der Waals surface area (Å²) in [4.78, 5) is 15.7.